The summed E-state index contributed by atoms with van der Waals surface area (Å²) in [6, 6.07) is 0.589. The minimum absolute atomic E-state index is 0.589. The third kappa shape index (κ3) is 3.06. The van der Waals surface area contributed by atoms with Gasteiger partial charge in [-0.05, 0) is 33.1 Å². The molecule has 1 rings (SSSR count). The first-order valence-electron chi connectivity index (χ1n) is 5.34. The summed E-state index contributed by atoms with van der Waals surface area (Å²) in [4.78, 5) is 0. The van der Waals surface area contributed by atoms with Gasteiger partial charge in [-0.15, -0.1) is 6.58 Å². The van der Waals surface area contributed by atoms with E-state index in [1.807, 2.05) is 6.08 Å². The van der Waals surface area contributed by atoms with Crippen LogP contribution in [-0.4, -0.2) is 6.04 Å². The van der Waals surface area contributed by atoms with Crippen molar-refractivity contribution in [2.45, 2.75) is 45.6 Å². The van der Waals surface area contributed by atoms with Gasteiger partial charge >= 0.3 is 0 Å². The SMILES string of the molecule is C=CCC(=C)NC1CCC(C)=C(C)C1. The molecular formula is C13H21N. The third-order valence-electron chi connectivity index (χ3n) is 2.95. The zero-order valence-electron chi connectivity index (χ0n) is 9.40. The summed E-state index contributed by atoms with van der Waals surface area (Å²) in [5.74, 6) is 0. The van der Waals surface area contributed by atoms with Gasteiger partial charge in [-0.25, -0.2) is 0 Å². The normalized spacial score (nSPS) is 22.0. The van der Waals surface area contributed by atoms with E-state index in [0.29, 0.717) is 6.04 Å². The van der Waals surface area contributed by atoms with Crippen molar-refractivity contribution in [1.29, 1.82) is 0 Å². The number of rotatable bonds is 4. The number of hydrogen-bond donors (Lipinski definition) is 1. The summed E-state index contributed by atoms with van der Waals surface area (Å²) >= 11 is 0. The molecule has 0 saturated carbocycles. The Morgan fingerprint density at radius 2 is 2.21 bits per heavy atom. The van der Waals surface area contributed by atoms with E-state index < -0.39 is 0 Å². The molecule has 0 saturated heterocycles. The maximum Gasteiger partial charge on any atom is 0.0298 e. The summed E-state index contributed by atoms with van der Waals surface area (Å²) in [6.07, 6.45) is 6.40. The molecule has 0 aliphatic heterocycles. The van der Waals surface area contributed by atoms with Gasteiger partial charge in [0.05, 0.1) is 0 Å². The highest BCUT2D eigenvalue weighted by molar-refractivity contribution is 5.16. The molecule has 1 aliphatic carbocycles. The smallest absolute Gasteiger partial charge is 0.0298 e. The molecule has 0 radical (unpaired) electrons. The van der Waals surface area contributed by atoms with Gasteiger partial charge in [0.1, 0.15) is 0 Å². The molecule has 0 spiro atoms. The molecule has 1 nitrogen and oxygen atoms in total. The fourth-order valence-corrected chi connectivity index (χ4v) is 1.90. The molecule has 1 aliphatic rings. The Bertz CT molecular complexity index is 260. The van der Waals surface area contributed by atoms with E-state index in [0.717, 1.165) is 12.1 Å². The molecule has 0 heterocycles. The van der Waals surface area contributed by atoms with Gasteiger partial charge in [0.2, 0.25) is 0 Å². The number of nitrogens with one attached hydrogen (secondary N) is 1. The van der Waals surface area contributed by atoms with E-state index in [1.54, 1.807) is 11.1 Å². The molecule has 0 aromatic carbocycles. The average molecular weight is 191 g/mol. The van der Waals surface area contributed by atoms with Crippen LogP contribution < -0.4 is 5.32 Å². The molecule has 0 fully saturated rings. The van der Waals surface area contributed by atoms with Crippen LogP contribution in [0.2, 0.25) is 0 Å². The van der Waals surface area contributed by atoms with Crippen LogP contribution in [0.5, 0.6) is 0 Å². The molecule has 0 aromatic heterocycles. The molecule has 0 amide bonds. The summed E-state index contributed by atoms with van der Waals surface area (Å²) < 4.78 is 0. The van der Waals surface area contributed by atoms with Crippen LogP contribution in [-0.2, 0) is 0 Å². The van der Waals surface area contributed by atoms with Gasteiger partial charge in [-0.1, -0.05) is 23.8 Å². The Kier molecular flexibility index (Phi) is 3.99. The van der Waals surface area contributed by atoms with Gasteiger partial charge in [0, 0.05) is 18.2 Å². The molecular weight excluding hydrogens is 170 g/mol. The highest BCUT2D eigenvalue weighted by atomic mass is 14.9. The van der Waals surface area contributed by atoms with Crippen molar-refractivity contribution in [3.8, 4) is 0 Å². The van der Waals surface area contributed by atoms with Crippen LogP contribution >= 0.6 is 0 Å². The minimum Gasteiger partial charge on any atom is -0.385 e. The van der Waals surface area contributed by atoms with Crippen LogP contribution in [0.4, 0.5) is 0 Å². The fraction of sp³-hybridized carbons (Fsp3) is 0.538. The van der Waals surface area contributed by atoms with Crippen molar-refractivity contribution >= 4 is 0 Å². The van der Waals surface area contributed by atoms with E-state index in [4.69, 9.17) is 0 Å². The lowest BCUT2D eigenvalue weighted by Gasteiger charge is -2.26. The molecule has 0 aromatic rings. The van der Waals surface area contributed by atoms with Crippen molar-refractivity contribution in [2.75, 3.05) is 0 Å². The number of allylic oxidation sites excluding steroid dienone is 2. The molecule has 1 atom stereocenters. The zero-order chi connectivity index (χ0) is 10.6. The topological polar surface area (TPSA) is 12.0 Å². The molecule has 1 unspecified atom stereocenters. The first-order chi connectivity index (χ1) is 6.63. The van der Waals surface area contributed by atoms with Crippen molar-refractivity contribution in [1.82, 2.24) is 5.32 Å². The zero-order valence-corrected chi connectivity index (χ0v) is 9.40. The highest BCUT2D eigenvalue weighted by Crippen LogP contribution is 2.24. The van der Waals surface area contributed by atoms with E-state index in [1.165, 1.54) is 19.3 Å². The van der Waals surface area contributed by atoms with Gasteiger partial charge < -0.3 is 5.32 Å². The van der Waals surface area contributed by atoms with Crippen LogP contribution in [0.1, 0.15) is 39.5 Å². The van der Waals surface area contributed by atoms with Crippen molar-refractivity contribution in [2.24, 2.45) is 0 Å². The second-order valence-corrected chi connectivity index (χ2v) is 4.24. The van der Waals surface area contributed by atoms with Gasteiger partial charge in [-0.2, -0.15) is 0 Å². The van der Waals surface area contributed by atoms with Crippen molar-refractivity contribution in [3.63, 3.8) is 0 Å². The lowest BCUT2D eigenvalue weighted by molar-refractivity contribution is 0.492. The molecule has 1 heteroatoms. The highest BCUT2D eigenvalue weighted by Gasteiger charge is 2.15. The van der Waals surface area contributed by atoms with Gasteiger partial charge in [0.25, 0.3) is 0 Å². The summed E-state index contributed by atoms with van der Waals surface area (Å²) in [5.41, 5.74) is 4.20. The van der Waals surface area contributed by atoms with E-state index in [-0.39, 0.29) is 0 Å². The summed E-state index contributed by atoms with van der Waals surface area (Å²) in [6.45, 7) is 12.2. The van der Waals surface area contributed by atoms with Crippen LogP contribution in [0.3, 0.4) is 0 Å². The van der Waals surface area contributed by atoms with Crippen LogP contribution in [0.25, 0.3) is 0 Å². The van der Waals surface area contributed by atoms with Gasteiger partial charge in [-0.3, -0.25) is 0 Å². The quantitative estimate of drug-likeness (QED) is 0.670. The third-order valence-corrected chi connectivity index (χ3v) is 2.95. The van der Waals surface area contributed by atoms with E-state index in [9.17, 15) is 0 Å². The Hall–Kier alpha value is -0.980. The minimum atomic E-state index is 0.589. The largest absolute Gasteiger partial charge is 0.385 e. The van der Waals surface area contributed by atoms with Gasteiger partial charge in [0.15, 0.2) is 0 Å². The van der Waals surface area contributed by atoms with Crippen LogP contribution in [0, 0.1) is 0 Å². The lowest BCUT2D eigenvalue weighted by Crippen LogP contribution is -2.30. The Labute approximate surface area is 87.6 Å². The summed E-state index contributed by atoms with van der Waals surface area (Å²) in [5, 5.41) is 3.47. The lowest BCUT2D eigenvalue weighted by atomic mass is 9.90. The maximum absolute atomic E-state index is 3.98. The van der Waals surface area contributed by atoms with E-state index in [2.05, 4.69) is 32.3 Å². The monoisotopic (exact) mass is 191 g/mol. The van der Waals surface area contributed by atoms with Crippen LogP contribution in [0.15, 0.2) is 36.1 Å². The summed E-state index contributed by atoms with van der Waals surface area (Å²) in [7, 11) is 0. The van der Waals surface area contributed by atoms with Crippen molar-refractivity contribution < 1.29 is 0 Å². The maximum atomic E-state index is 3.98. The second kappa shape index (κ2) is 5.04. The second-order valence-electron chi connectivity index (χ2n) is 4.24. The molecule has 78 valence electrons. The Morgan fingerprint density at radius 3 is 2.79 bits per heavy atom. The fourth-order valence-electron chi connectivity index (χ4n) is 1.90. The average Bonchev–Trinajstić information content (AvgIpc) is 2.12. The molecule has 14 heavy (non-hydrogen) atoms. The Balaban J connectivity index is 2.42. The van der Waals surface area contributed by atoms with Crippen molar-refractivity contribution in [3.05, 3.63) is 36.1 Å². The predicted molar refractivity (Wildman–Crippen MR) is 63.1 cm³/mol. The first kappa shape index (κ1) is 11.1. The standard InChI is InChI=1S/C13H21N/c1-5-6-12(4)14-13-8-7-10(2)11(3)9-13/h5,13-14H,1,4,6-9H2,2-3H3. The predicted octanol–water partition coefficient (Wildman–Crippen LogP) is 3.55. The number of hydrogen-bond acceptors (Lipinski definition) is 1. The van der Waals surface area contributed by atoms with E-state index >= 15 is 0 Å². The molecule has 1 N–H and O–H groups in total. The Morgan fingerprint density at radius 1 is 1.50 bits per heavy atom. The first-order valence-corrected chi connectivity index (χ1v) is 5.34. The molecule has 0 bridgehead atoms.